The van der Waals surface area contributed by atoms with Gasteiger partial charge in [-0.3, -0.25) is 10.1 Å². The molecule has 0 aliphatic carbocycles. The van der Waals surface area contributed by atoms with E-state index in [9.17, 15) is 14.5 Å². The maximum atomic E-state index is 13.7. The van der Waals surface area contributed by atoms with Crippen molar-refractivity contribution in [1.82, 2.24) is 0 Å². The number of nitrogens with zero attached hydrogens (tertiary/aromatic N) is 1. The summed E-state index contributed by atoms with van der Waals surface area (Å²) in [6.45, 7) is 1.77. The molecule has 6 nitrogen and oxygen atoms in total. The van der Waals surface area contributed by atoms with E-state index in [1.807, 2.05) is 0 Å². The molecule has 0 aliphatic heterocycles. The zero-order chi connectivity index (χ0) is 16.3. The Bertz CT molecular complexity index is 706. The van der Waals surface area contributed by atoms with Crippen LogP contribution >= 0.6 is 0 Å². The number of anilines is 2. The molecule has 0 radical (unpaired) electrons. The highest BCUT2D eigenvalue weighted by Gasteiger charge is 2.17. The van der Waals surface area contributed by atoms with E-state index in [0.29, 0.717) is 11.3 Å². The van der Waals surface area contributed by atoms with Gasteiger partial charge in [0.1, 0.15) is 5.69 Å². The van der Waals surface area contributed by atoms with E-state index in [2.05, 4.69) is 5.32 Å². The molecule has 1 atom stereocenters. The van der Waals surface area contributed by atoms with Gasteiger partial charge in [-0.2, -0.15) is 0 Å². The van der Waals surface area contributed by atoms with Crippen molar-refractivity contribution >= 4 is 17.1 Å². The van der Waals surface area contributed by atoms with Crippen LogP contribution in [-0.4, -0.2) is 12.0 Å². The van der Waals surface area contributed by atoms with Crippen LogP contribution in [0.2, 0.25) is 0 Å². The predicted molar refractivity (Wildman–Crippen MR) is 82.5 cm³/mol. The van der Waals surface area contributed by atoms with Crippen molar-refractivity contribution in [3.63, 3.8) is 0 Å². The van der Waals surface area contributed by atoms with Crippen LogP contribution in [0.3, 0.4) is 0 Å². The summed E-state index contributed by atoms with van der Waals surface area (Å²) >= 11 is 0. The summed E-state index contributed by atoms with van der Waals surface area (Å²) in [5.74, 6) is -0.346. The molecule has 1 unspecified atom stereocenters. The largest absolute Gasteiger partial charge is 0.494 e. The molecule has 0 aromatic heterocycles. The zero-order valence-corrected chi connectivity index (χ0v) is 12.2. The van der Waals surface area contributed by atoms with Crippen LogP contribution < -0.4 is 15.8 Å². The molecule has 0 spiro atoms. The van der Waals surface area contributed by atoms with Gasteiger partial charge in [-0.15, -0.1) is 0 Å². The second-order valence-corrected chi connectivity index (χ2v) is 4.79. The summed E-state index contributed by atoms with van der Waals surface area (Å²) in [5, 5.41) is 14.0. The predicted octanol–water partition coefficient (Wildman–Crippen LogP) is 3.50. The Morgan fingerprint density at radius 2 is 2.05 bits per heavy atom. The van der Waals surface area contributed by atoms with Crippen LogP contribution in [0.1, 0.15) is 18.5 Å². The molecule has 2 rings (SSSR count). The quantitative estimate of drug-likeness (QED) is 0.501. The standard InChI is InChI=1S/C15H16FN3O3/c1-9(10-3-6-15(22-2)12(16)7-10)18-13-8-11(17)4-5-14(13)19(20)21/h3-9,18H,17H2,1-2H3. The Kier molecular flexibility index (Phi) is 4.45. The molecule has 2 aromatic carbocycles. The molecule has 22 heavy (non-hydrogen) atoms. The number of hydrogen-bond donors (Lipinski definition) is 2. The number of rotatable bonds is 5. The highest BCUT2D eigenvalue weighted by Crippen LogP contribution is 2.31. The van der Waals surface area contributed by atoms with Gasteiger partial charge < -0.3 is 15.8 Å². The first-order valence-corrected chi connectivity index (χ1v) is 6.56. The van der Waals surface area contributed by atoms with E-state index >= 15 is 0 Å². The zero-order valence-electron chi connectivity index (χ0n) is 12.2. The normalized spacial score (nSPS) is 11.8. The summed E-state index contributed by atoms with van der Waals surface area (Å²) < 4.78 is 18.6. The van der Waals surface area contributed by atoms with Gasteiger partial charge in [0.25, 0.3) is 5.69 Å². The molecule has 3 N–H and O–H groups in total. The number of halogens is 1. The third kappa shape index (κ3) is 3.25. The van der Waals surface area contributed by atoms with Crippen molar-refractivity contribution in [3.8, 4) is 5.75 Å². The van der Waals surface area contributed by atoms with E-state index < -0.39 is 10.7 Å². The number of methoxy groups -OCH3 is 1. The molecule has 0 saturated carbocycles. The average molecular weight is 305 g/mol. The maximum Gasteiger partial charge on any atom is 0.292 e. The molecular formula is C15H16FN3O3. The van der Waals surface area contributed by atoms with Crippen LogP contribution in [0.5, 0.6) is 5.75 Å². The highest BCUT2D eigenvalue weighted by molar-refractivity contribution is 5.67. The van der Waals surface area contributed by atoms with E-state index in [4.69, 9.17) is 10.5 Å². The van der Waals surface area contributed by atoms with Crippen LogP contribution in [0.25, 0.3) is 0 Å². The molecule has 0 aliphatic rings. The molecule has 0 fully saturated rings. The van der Waals surface area contributed by atoms with Gasteiger partial charge in [0, 0.05) is 17.8 Å². The lowest BCUT2D eigenvalue weighted by molar-refractivity contribution is -0.384. The first kappa shape index (κ1) is 15.6. The maximum absolute atomic E-state index is 13.7. The minimum absolute atomic E-state index is 0.0879. The Morgan fingerprint density at radius 1 is 1.32 bits per heavy atom. The summed E-state index contributed by atoms with van der Waals surface area (Å²) in [5.41, 5.74) is 6.90. The average Bonchev–Trinajstić information content (AvgIpc) is 2.46. The first-order valence-electron chi connectivity index (χ1n) is 6.56. The van der Waals surface area contributed by atoms with Gasteiger partial charge in [0.15, 0.2) is 11.6 Å². The minimum atomic E-state index is -0.497. The lowest BCUT2D eigenvalue weighted by Crippen LogP contribution is -2.09. The fourth-order valence-corrected chi connectivity index (χ4v) is 2.10. The van der Waals surface area contributed by atoms with Crippen LogP contribution in [0.15, 0.2) is 36.4 Å². The molecular weight excluding hydrogens is 289 g/mol. The first-order chi connectivity index (χ1) is 10.4. The van der Waals surface area contributed by atoms with E-state index in [0.717, 1.165) is 0 Å². The third-order valence-corrected chi connectivity index (χ3v) is 3.27. The van der Waals surface area contributed by atoms with Crippen molar-refractivity contribution in [2.45, 2.75) is 13.0 Å². The van der Waals surface area contributed by atoms with Crippen LogP contribution in [0.4, 0.5) is 21.5 Å². The van der Waals surface area contributed by atoms with Crippen molar-refractivity contribution in [3.05, 3.63) is 57.9 Å². The van der Waals surface area contributed by atoms with E-state index in [1.54, 1.807) is 13.0 Å². The lowest BCUT2D eigenvalue weighted by Gasteiger charge is -2.17. The van der Waals surface area contributed by atoms with E-state index in [1.165, 1.54) is 37.4 Å². The molecule has 7 heteroatoms. The molecule has 2 aromatic rings. The van der Waals surface area contributed by atoms with Crippen molar-refractivity contribution in [1.29, 1.82) is 0 Å². The molecule has 116 valence electrons. The van der Waals surface area contributed by atoms with Crippen molar-refractivity contribution < 1.29 is 14.1 Å². The highest BCUT2D eigenvalue weighted by atomic mass is 19.1. The van der Waals surface area contributed by atoms with Crippen LogP contribution in [0, 0.1) is 15.9 Å². The van der Waals surface area contributed by atoms with Gasteiger partial charge in [0.2, 0.25) is 0 Å². The Morgan fingerprint density at radius 3 is 2.64 bits per heavy atom. The SMILES string of the molecule is COc1ccc(C(C)Nc2cc(N)ccc2[N+](=O)[O-])cc1F. The summed E-state index contributed by atoms with van der Waals surface area (Å²) in [7, 11) is 1.38. The number of nitrogen functional groups attached to an aromatic ring is 1. The fraction of sp³-hybridized carbons (Fsp3) is 0.200. The molecule has 0 bridgehead atoms. The number of benzene rings is 2. The second-order valence-electron chi connectivity index (χ2n) is 4.79. The number of nitrogens with one attached hydrogen (secondary N) is 1. The van der Waals surface area contributed by atoms with Gasteiger partial charge >= 0.3 is 0 Å². The van der Waals surface area contributed by atoms with Gasteiger partial charge in [-0.05, 0) is 36.8 Å². The third-order valence-electron chi connectivity index (χ3n) is 3.27. The van der Waals surface area contributed by atoms with Gasteiger partial charge in [0.05, 0.1) is 12.0 Å². The second kappa shape index (κ2) is 6.30. The molecule has 0 heterocycles. The van der Waals surface area contributed by atoms with Crippen molar-refractivity contribution in [2.24, 2.45) is 0 Å². The Balaban J connectivity index is 2.29. The summed E-state index contributed by atoms with van der Waals surface area (Å²) in [6, 6.07) is 8.46. The monoisotopic (exact) mass is 305 g/mol. The van der Waals surface area contributed by atoms with Gasteiger partial charge in [-0.25, -0.2) is 4.39 Å². The summed E-state index contributed by atoms with van der Waals surface area (Å²) in [6.07, 6.45) is 0. The lowest BCUT2D eigenvalue weighted by atomic mass is 10.1. The van der Waals surface area contributed by atoms with E-state index in [-0.39, 0.29) is 23.2 Å². The number of nitro groups is 1. The van der Waals surface area contributed by atoms with Crippen LogP contribution in [-0.2, 0) is 0 Å². The number of hydrogen-bond acceptors (Lipinski definition) is 5. The molecule has 0 saturated heterocycles. The van der Waals surface area contributed by atoms with Gasteiger partial charge in [-0.1, -0.05) is 6.07 Å². The summed E-state index contributed by atoms with van der Waals surface area (Å²) in [4.78, 5) is 10.5. The molecule has 0 amide bonds. The number of nitrogens with two attached hydrogens (primary N) is 1. The number of ether oxygens (including phenoxy) is 1. The fourth-order valence-electron chi connectivity index (χ4n) is 2.10. The topological polar surface area (TPSA) is 90.4 Å². The number of nitro benzene ring substituents is 1. The smallest absolute Gasteiger partial charge is 0.292 e. The Labute approximate surface area is 126 Å². The minimum Gasteiger partial charge on any atom is -0.494 e. The Hall–Kier alpha value is -2.83. The van der Waals surface area contributed by atoms with Crippen molar-refractivity contribution in [2.75, 3.05) is 18.2 Å².